The quantitative estimate of drug-likeness (QED) is 0.536. The number of hydrogen-bond donors (Lipinski definition) is 1. The predicted molar refractivity (Wildman–Crippen MR) is 68.1 cm³/mol. The number of hydrogen-bond acceptors (Lipinski definition) is 1. The van der Waals surface area contributed by atoms with Crippen molar-refractivity contribution in [3.63, 3.8) is 0 Å². The molecule has 0 fully saturated rings. The molecule has 0 unspecified atom stereocenters. The van der Waals surface area contributed by atoms with E-state index < -0.39 is 0 Å². The molecular weight excluding hydrogens is 208 g/mol. The Hall–Kier alpha value is -0.950. The van der Waals surface area contributed by atoms with Crippen LogP contribution in [-0.4, -0.2) is 5.11 Å². The second kappa shape index (κ2) is 7.36. The molecule has 0 radical (unpaired) electrons. The largest absolute Gasteiger partial charge is 0.513 e. The van der Waals surface area contributed by atoms with Crippen LogP contribution in [0.2, 0.25) is 0 Å². The highest BCUT2D eigenvalue weighted by molar-refractivity contribution is 6.29. The van der Waals surface area contributed by atoms with Crippen LogP contribution in [0.1, 0.15) is 34.1 Å². The van der Waals surface area contributed by atoms with Crippen LogP contribution in [0.15, 0.2) is 46.2 Å². The van der Waals surface area contributed by atoms with E-state index in [1.54, 1.807) is 13.0 Å². The van der Waals surface area contributed by atoms with Crippen LogP contribution < -0.4 is 0 Å². The van der Waals surface area contributed by atoms with Crippen molar-refractivity contribution in [2.24, 2.45) is 0 Å². The van der Waals surface area contributed by atoms with Gasteiger partial charge in [0.05, 0.1) is 5.76 Å². The minimum absolute atomic E-state index is 0.301. The first-order valence-electron chi connectivity index (χ1n) is 5.08. The number of aliphatic hydroxyl groups is 1. The molecule has 0 heterocycles. The molecule has 2 heteroatoms. The van der Waals surface area contributed by atoms with Gasteiger partial charge in [-0.2, -0.15) is 0 Å². The highest BCUT2D eigenvalue weighted by atomic mass is 35.5. The molecule has 1 N–H and O–H groups in total. The van der Waals surface area contributed by atoms with E-state index in [-0.39, 0.29) is 0 Å². The molecular formula is C13H19ClO. The molecule has 15 heavy (non-hydrogen) atoms. The normalized spacial score (nSPS) is 15.8. The van der Waals surface area contributed by atoms with Gasteiger partial charge in [0.1, 0.15) is 0 Å². The van der Waals surface area contributed by atoms with Crippen LogP contribution in [0.4, 0.5) is 0 Å². The molecule has 0 aromatic rings. The Morgan fingerprint density at radius 1 is 1.27 bits per heavy atom. The first-order chi connectivity index (χ1) is 7.01. The molecule has 0 aliphatic carbocycles. The van der Waals surface area contributed by atoms with Crippen molar-refractivity contribution in [2.75, 3.05) is 0 Å². The Kier molecular flexibility index (Phi) is 6.89. The fourth-order valence-electron chi connectivity index (χ4n) is 1.04. The lowest BCUT2D eigenvalue weighted by Crippen LogP contribution is -1.82. The molecule has 0 atom stereocenters. The smallest absolute Gasteiger partial charge is 0.0891 e. The van der Waals surface area contributed by atoms with Crippen molar-refractivity contribution in [1.82, 2.24) is 0 Å². The summed E-state index contributed by atoms with van der Waals surface area (Å²) < 4.78 is 0. The monoisotopic (exact) mass is 226 g/mol. The van der Waals surface area contributed by atoms with Crippen LogP contribution in [0, 0.1) is 0 Å². The van der Waals surface area contributed by atoms with Crippen molar-refractivity contribution >= 4 is 11.6 Å². The molecule has 0 amide bonds. The molecule has 0 bridgehead atoms. The minimum Gasteiger partial charge on any atom is -0.513 e. The molecule has 0 aromatic carbocycles. The van der Waals surface area contributed by atoms with Gasteiger partial charge in [0.15, 0.2) is 0 Å². The van der Waals surface area contributed by atoms with E-state index in [4.69, 9.17) is 16.7 Å². The SMILES string of the molecule is C/C=C(\C=C(\Cl)CC)C(/C)=C/C=C(/C)O. The van der Waals surface area contributed by atoms with E-state index in [0.717, 1.165) is 22.6 Å². The third-order valence-electron chi connectivity index (χ3n) is 1.99. The molecule has 1 nitrogen and oxygen atoms in total. The second-order valence-electron chi connectivity index (χ2n) is 3.35. The summed E-state index contributed by atoms with van der Waals surface area (Å²) in [4.78, 5) is 0. The van der Waals surface area contributed by atoms with Crippen LogP contribution in [0.25, 0.3) is 0 Å². The maximum atomic E-state index is 9.04. The molecule has 0 saturated heterocycles. The fraction of sp³-hybridized carbons (Fsp3) is 0.385. The Morgan fingerprint density at radius 3 is 2.27 bits per heavy atom. The first-order valence-corrected chi connectivity index (χ1v) is 5.46. The maximum Gasteiger partial charge on any atom is 0.0891 e. The van der Waals surface area contributed by atoms with Crippen molar-refractivity contribution in [3.05, 3.63) is 46.2 Å². The molecule has 0 saturated carbocycles. The van der Waals surface area contributed by atoms with E-state index in [0.29, 0.717) is 5.76 Å². The Labute approximate surface area is 97.5 Å². The summed E-state index contributed by atoms with van der Waals surface area (Å²) in [5.74, 6) is 0.301. The average molecular weight is 227 g/mol. The van der Waals surface area contributed by atoms with Crippen LogP contribution in [0.5, 0.6) is 0 Å². The van der Waals surface area contributed by atoms with Gasteiger partial charge in [0, 0.05) is 5.03 Å². The van der Waals surface area contributed by atoms with Gasteiger partial charge in [-0.25, -0.2) is 0 Å². The standard InChI is InChI=1S/C13H19ClO/c1-5-12(9-13(14)6-2)10(3)7-8-11(4)15/h5,7-9,15H,6H2,1-4H3/b10-7+,11-8-,12-5+,13-9+. The van der Waals surface area contributed by atoms with E-state index in [2.05, 4.69) is 0 Å². The summed E-state index contributed by atoms with van der Waals surface area (Å²) in [6.45, 7) is 7.63. The van der Waals surface area contributed by atoms with Gasteiger partial charge in [-0.3, -0.25) is 0 Å². The molecule has 0 rings (SSSR count). The zero-order chi connectivity index (χ0) is 11.8. The van der Waals surface area contributed by atoms with Crippen LogP contribution in [0.3, 0.4) is 0 Å². The Bertz CT molecular complexity index is 315. The number of halogens is 1. The first kappa shape index (κ1) is 14.1. The molecule has 0 aliphatic rings. The van der Waals surface area contributed by atoms with Gasteiger partial charge in [-0.05, 0) is 50.5 Å². The van der Waals surface area contributed by atoms with Crippen molar-refractivity contribution in [2.45, 2.75) is 34.1 Å². The molecule has 84 valence electrons. The van der Waals surface area contributed by atoms with Crippen molar-refractivity contribution in [3.8, 4) is 0 Å². The maximum absolute atomic E-state index is 9.04. The van der Waals surface area contributed by atoms with Gasteiger partial charge in [0.25, 0.3) is 0 Å². The molecule has 0 spiro atoms. The highest BCUT2D eigenvalue weighted by Gasteiger charge is 1.96. The summed E-state index contributed by atoms with van der Waals surface area (Å²) in [6.07, 6.45) is 8.34. The van der Waals surface area contributed by atoms with E-state index in [9.17, 15) is 0 Å². The fourth-order valence-corrected chi connectivity index (χ4v) is 1.16. The predicted octanol–water partition coefficient (Wildman–Crippen LogP) is 4.87. The van der Waals surface area contributed by atoms with E-state index >= 15 is 0 Å². The van der Waals surface area contributed by atoms with Gasteiger partial charge in [-0.15, -0.1) is 0 Å². The van der Waals surface area contributed by atoms with Crippen LogP contribution in [-0.2, 0) is 0 Å². The van der Waals surface area contributed by atoms with E-state index in [1.807, 2.05) is 39.0 Å². The second-order valence-corrected chi connectivity index (χ2v) is 3.83. The van der Waals surface area contributed by atoms with Gasteiger partial charge < -0.3 is 5.11 Å². The number of allylic oxidation sites excluding steroid dienone is 8. The van der Waals surface area contributed by atoms with Gasteiger partial charge in [0.2, 0.25) is 0 Å². The summed E-state index contributed by atoms with van der Waals surface area (Å²) in [5.41, 5.74) is 2.16. The van der Waals surface area contributed by atoms with Crippen LogP contribution >= 0.6 is 11.6 Å². The topological polar surface area (TPSA) is 20.2 Å². The molecule has 0 aliphatic heterocycles. The summed E-state index contributed by atoms with van der Waals surface area (Å²) in [5, 5.41) is 9.87. The lowest BCUT2D eigenvalue weighted by Gasteiger charge is -2.02. The highest BCUT2D eigenvalue weighted by Crippen LogP contribution is 2.17. The van der Waals surface area contributed by atoms with Crippen molar-refractivity contribution < 1.29 is 5.11 Å². The number of aliphatic hydroxyl groups excluding tert-OH is 1. The Morgan fingerprint density at radius 2 is 1.87 bits per heavy atom. The lowest BCUT2D eigenvalue weighted by molar-refractivity contribution is 0.414. The third-order valence-corrected chi connectivity index (χ3v) is 2.37. The van der Waals surface area contributed by atoms with Gasteiger partial charge >= 0.3 is 0 Å². The molecule has 0 aromatic heterocycles. The summed E-state index contributed by atoms with van der Waals surface area (Å²) in [6, 6.07) is 0. The minimum atomic E-state index is 0.301. The van der Waals surface area contributed by atoms with Gasteiger partial charge in [-0.1, -0.05) is 30.7 Å². The number of rotatable bonds is 4. The Balaban J connectivity index is 4.87. The summed E-state index contributed by atoms with van der Waals surface area (Å²) >= 11 is 5.97. The zero-order valence-electron chi connectivity index (χ0n) is 9.84. The van der Waals surface area contributed by atoms with Crippen molar-refractivity contribution in [1.29, 1.82) is 0 Å². The third kappa shape index (κ3) is 6.19. The zero-order valence-corrected chi connectivity index (χ0v) is 10.6. The van der Waals surface area contributed by atoms with E-state index in [1.165, 1.54) is 0 Å². The average Bonchev–Trinajstić information content (AvgIpc) is 2.21. The summed E-state index contributed by atoms with van der Waals surface area (Å²) in [7, 11) is 0. The lowest BCUT2D eigenvalue weighted by atomic mass is 10.1.